The van der Waals surface area contributed by atoms with Crippen LogP contribution in [0.2, 0.25) is 0 Å². The van der Waals surface area contributed by atoms with Gasteiger partial charge in [-0.25, -0.2) is 8.42 Å². The average molecular weight is 546 g/mol. The molecule has 1 aromatic heterocycles. The Labute approximate surface area is 228 Å². The highest BCUT2D eigenvalue weighted by Crippen LogP contribution is 2.52. The molecule has 0 bridgehead atoms. The Bertz CT molecular complexity index is 1590. The summed E-state index contributed by atoms with van der Waals surface area (Å²) >= 11 is 1.73. The summed E-state index contributed by atoms with van der Waals surface area (Å²) in [6.45, 7) is 1.95. The number of rotatable bonds is 10. The van der Waals surface area contributed by atoms with Crippen molar-refractivity contribution in [3.05, 3.63) is 84.6 Å². The van der Waals surface area contributed by atoms with Crippen LogP contribution >= 0.6 is 11.8 Å². The van der Waals surface area contributed by atoms with Crippen molar-refractivity contribution in [2.45, 2.75) is 37.0 Å². The molecule has 1 unspecified atom stereocenters. The summed E-state index contributed by atoms with van der Waals surface area (Å²) in [5.74, 6) is 0.0889. The first-order valence-electron chi connectivity index (χ1n) is 12.7. The van der Waals surface area contributed by atoms with Gasteiger partial charge in [-0.15, -0.1) is 11.8 Å². The van der Waals surface area contributed by atoms with Crippen molar-refractivity contribution >= 4 is 38.5 Å². The van der Waals surface area contributed by atoms with E-state index in [-0.39, 0.29) is 23.5 Å². The van der Waals surface area contributed by atoms with E-state index < -0.39 is 15.8 Å². The van der Waals surface area contributed by atoms with Crippen LogP contribution < -0.4 is 0 Å². The van der Waals surface area contributed by atoms with Crippen LogP contribution in [0.3, 0.4) is 0 Å². The molecule has 0 aliphatic heterocycles. The zero-order valence-electron chi connectivity index (χ0n) is 21.6. The maximum absolute atomic E-state index is 12.0. The summed E-state index contributed by atoms with van der Waals surface area (Å²) in [7, 11) is -3.11. The lowest BCUT2D eigenvalue weighted by Gasteiger charge is -2.15. The fourth-order valence-corrected chi connectivity index (χ4v) is 7.28. The number of carboxylic acids is 1. The third kappa shape index (κ3) is 6.27. The van der Waals surface area contributed by atoms with E-state index in [4.69, 9.17) is 5.11 Å². The quantitative estimate of drug-likeness (QED) is 0.215. The van der Waals surface area contributed by atoms with Gasteiger partial charge in [-0.05, 0) is 82.8 Å². The van der Waals surface area contributed by atoms with Crippen molar-refractivity contribution < 1.29 is 18.3 Å². The number of carbonyl (C=O) groups is 1. The van der Waals surface area contributed by atoms with Gasteiger partial charge in [0.1, 0.15) is 9.84 Å². The van der Waals surface area contributed by atoms with Crippen LogP contribution in [0.4, 0.5) is 0 Å². The monoisotopic (exact) mass is 545 g/mol. The smallest absolute Gasteiger partial charge is 0.303 e. The minimum absolute atomic E-state index is 0.0341. The molecule has 1 heterocycles. The van der Waals surface area contributed by atoms with Gasteiger partial charge < -0.3 is 5.11 Å². The van der Waals surface area contributed by atoms with Crippen molar-refractivity contribution in [1.29, 1.82) is 0 Å². The predicted molar refractivity (Wildman–Crippen MR) is 155 cm³/mol. The predicted octanol–water partition coefficient (Wildman–Crippen LogP) is 7.06. The van der Waals surface area contributed by atoms with Gasteiger partial charge in [0.2, 0.25) is 0 Å². The van der Waals surface area contributed by atoms with E-state index in [0.717, 1.165) is 62.2 Å². The van der Waals surface area contributed by atoms with Gasteiger partial charge >= 0.3 is 5.97 Å². The van der Waals surface area contributed by atoms with Gasteiger partial charge in [-0.3, -0.25) is 9.78 Å². The first kappa shape index (κ1) is 26.4. The first-order chi connectivity index (χ1) is 18.1. The number of sulfone groups is 1. The average Bonchev–Trinajstić information content (AvgIpc) is 3.65. The molecule has 1 fully saturated rings. The molecule has 38 heavy (non-hydrogen) atoms. The van der Waals surface area contributed by atoms with Gasteiger partial charge in [0.15, 0.2) is 0 Å². The van der Waals surface area contributed by atoms with E-state index >= 15 is 0 Å². The Morgan fingerprint density at radius 1 is 1.00 bits per heavy atom. The van der Waals surface area contributed by atoms with E-state index in [1.54, 1.807) is 18.0 Å². The third-order valence-electron chi connectivity index (χ3n) is 7.24. The third-order valence-corrected chi connectivity index (χ3v) is 9.71. The van der Waals surface area contributed by atoms with E-state index in [9.17, 15) is 13.2 Å². The van der Waals surface area contributed by atoms with Crippen molar-refractivity contribution in [1.82, 2.24) is 4.98 Å². The molecule has 1 aliphatic rings. The maximum Gasteiger partial charge on any atom is 0.303 e. The fourth-order valence-electron chi connectivity index (χ4n) is 4.99. The minimum atomic E-state index is -3.11. The van der Waals surface area contributed by atoms with Gasteiger partial charge in [-0.2, -0.15) is 0 Å². The summed E-state index contributed by atoms with van der Waals surface area (Å²) in [4.78, 5) is 16.9. The summed E-state index contributed by atoms with van der Waals surface area (Å²) in [6.07, 6.45) is 5.31. The van der Waals surface area contributed by atoms with Crippen LogP contribution in [0.5, 0.6) is 0 Å². The molecular weight excluding hydrogens is 514 g/mol. The van der Waals surface area contributed by atoms with Crippen LogP contribution in [-0.4, -0.2) is 42.2 Å². The lowest BCUT2D eigenvalue weighted by atomic mass is 9.92. The molecule has 1 aliphatic carbocycles. The molecule has 0 radical (unpaired) electrons. The fraction of sp³-hybridized carbons (Fsp3) is 0.290. The lowest BCUT2D eigenvalue weighted by molar-refractivity contribution is -0.138. The summed E-state index contributed by atoms with van der Waals surface area (Å²) < 4.78 is 23.9. The number of hydrogen-bond donors (Lipinski definition) is 1. The Morgan fingerprint density at radius 3 is 2.42 bits per heavy atom. The Kier molecular flexibility index (Phi) is 7.34. The van der Waals surface area contributed by atoms with Crippen LogP contribution in [0.15, 0.2) is 83.9 Å². The Balaban J connectivity index is 1.42. The number of fused-ring (bicyclic) bond motifs is 1. The second kappa shape index (κ2) is 10.5. The molecule has 7 heteroatoms. The number of carboxylic acid groups (broad SMARTS) is 1. The van der Waals surface area contributed by atoms with Gasteiger partial charge in [0, 0.05) is 34.1 Å². The summed E-state index contributed by atoms with van der Waals surface area (Å²) in [5, 5.41) is 10.2. The second-order valence-electron chi connectivity index (χ2n) is 10.6. The van der Waals surface area contributed by atoms with E-state index in [1.165, 1.54) is 6.26 Å². The van der Waals surface area contributed by atoms with Crippen LogP contribution in [0.1, 0.15) is 37.7 Å². The van der Waals surface area contributed by atoms with Crippen molar-refractivity contribution in [2.75, 3.05) is 17.8 Å². The van der Waals surface area contributed by atoms with Gasteiger partial charge in [-0.1, -0.05) is 43.3 Å². The molecule has 1 saturated carbocycles. The molecule has 0 saturated heterocycles. The lowest BCUT2D eigenvalue weighted by Crippen LogP contribution is -2.10. The highest BCUT2D eigenvalue weighted by molar-refractivity contribution is 7.99. The van der Waals surface area contributed by atoms with Gasteiger partial charge in [0.25, 0.3) is 0 Å². The van der Waals surface area contributed by atoms with Crippen LogP contribution in [0.25, 0.3) is 33.2 Å². The number of aliphatic carboxylic acids is 1. The maximum atomic E-state index is 12.0. The highest BCUT2D eigenvalue weighted by atomic mass is 32.2. The molecule has 3 aromatic carbocycles. The molecule has 5 rings (SSSR count). The molecule has 4 aromatic rings. The topological polar surface area (TPSA) is 84.3 Å². The molecule has 1 atom stereocenters. The summed E-state index contributed by atoms with van der Waals surface area (Å²) in [6, 6.07) is 24.8. The minimum Gasteiger partial charge on any atom is -0.481 e. The van der Waals surface area contributed by atoms with Crippen molar-refractivity contribution in [3.8, 4) is 22.3 Å². The van der Waals surface area contributed by atoms with E-state index in [2.05, 4.69) is 53.5 Å². The highest BCUT2D eigenvalue weighted by Gasteiger charge is 2.44. The normalized spacial score (nSPS) is 15.3. The number of thioether (sulfide) groups is 1. The molecule has 196 valence electrons. The number of benzene rings is 3. The number of hydrogen-bond acceptors (Lipinski definition) is 5. The Morgan fingerprint density at radius 2 is 1.74 bits per heavy atom. The molecule has 0 amide bonds. The second-order valence-corrected chi connectivity index (χ2v) is 13.8. The zero-order valence-corrected chi connectivity index (χ0v) is 23.2. The number of aromatic nitrogens is 1. The van der Waals surface area contributed by atoms with Crippen molar-refractivity contribution in [3.63, 3.8) is 0 Å². The van der Waals surface area contributed by atoms with Crippen molar-refractivity contribution in [2.24, 2.45) is 5.41 Å². The SMILES string of the molecule is CC(CS(C)(=O)=O)c1cc(-c2cccc(-c3ccc(SCC4(CC(=O)O)CC4)cc3)c2)c2ncccc2c1. The van der Waals surface area contributed by atoms with E-state index in [1.807, 2.05) is 31.2 Å². The standard InChI is InChI=1S/C31H31NO4S2/c1-21(19-38(2,35)36)26-16-25-7-4-14-32-30(25)28(17-26)24-6-3-5-23(15-24)22-8-10-27(11-9-22)37-20-31(12-13-31)18-29(33)34/h3-11,14-17,21H,12-13,18-20H2,1-2H3,(H,33,34). The molecule has 5 nitrogen and oxygen atoms in total. The molecule has 1 N–H and O–H groups in total. The molecular formula is C31H31NO4S2. The summed E-state index contributed by atoms with van der Waals surface area (Å²) in [5.41, 5.74) is 6.04. The molecule has 0 spiro atoms. The first-order valence-corrected chi connectivity index (χ1v) is 15.8. The Hall–Kier alpha value is -3.16. The van der Waals surface area contributed by atoms with Crippen LogP contribution in [0, 0.1) is 5.41 Å². The largest absolute Gasteiger partial charge is 0.481 e. The van der Waals surface area contributed by atoms with E-state index in [0.29, 0.717) is 0 Å². The number of pyridine rings is 1. The van der Waals surface area contributed by atoms with Crippen LogP contribution in [-0.2, 0) is 14.6 Å². The number of nitrogens with zero attached hydrogens (tertiary/aromatic N) is 1. The zero-order chi connectivity index (χ0) is 26.9. The van der Waals surface area contributed by atoms with Gasteiger partial charge in [0.05, 0.1) is 17.7 Å².